The monoisotopic (exact) mass is 248 g/mol. The van der Waals surface area contributed by atoms with Crippen molar-refractivity contribution in [3.05, 3.63) is 34.3 Å². The van der Waals surface area contributed by atoms with E-state index in [0.29, 0.717) is 6.10 Å². The van der Waals surface area contributed by atoms with Crippen LogP contribution < -0.4 is 0 Å². The molecule has 1 fully saturated rings. The fraction of sp³-hybridized carbons (Fsp3) is 0.467. The first-order chi connectivity index (χ1) is 8.26. The van der Waals surface area contributed by atoms with Crippen molar-refractivity contribution >= 4 is 11.6 Å². The van der Waals surface area contributed by atoms with Gasteiger partial charge in [0.05, 0.1) is 6.10 Å². The molecule has 1 aromatic rings. The molecule has 1 saturated heterocycles. The van der Waals surface area contributed by atoms with E-state index in [4.69, 9.17) is 22.8 Å². The highest BCUT2D eigenvalue weighted by Gasteiger charge is 2.40. The Labute approximate surface area is 108 Å². The van der Waals surface area contributed by atoms with Gasteiger partial charge in [0.15, 0.2) is 0 Å². The average molecular weight is 249 g/mol. The molecule has 0 N–H and O–H groups in total. The Morgan fingerprint density at radius 1 is 1.41 bits per heavy atom. The van der Waals surface area contributed by atoms with Crippen LogP contribution in [0.2, 0.25) is 5.02 Å². The van der Waals surface area contributed by atoms with Crippen LogP contribution in [0, 0.1) is 12.3 Å². The molecule has 2 unspecified atom stereocenters. The summed E-state index contributed by atoms with van der Waals surface area (Å²) >= 11 is 6.00. The topological polar surface area (TPSA) is 12.5 Å². The molecule has 0 amide bonds. The molecule has 1 nitrogen and oxygen atoms in total. The molecule has 1 aromatic carbocycles. The van der Waals surface area contributed by atoms with Crippen LogP contribution in [0.25, 0.3) is 0 Å². The van der Waals surface area contributed by atoms with Gasteiger partial charge in [-0.1, -0.05) is 43.7 Å². The van der Waals surface area contributed by atoms with Crippen LogP contribution in [0.3, 0.4) is 0 Å². The van der Waals surface area contributed by atoms with Crippen molar-refractivity contribution in [1.82, 2.24) is 0 Å². The molecule has 2 atom stereocenters. The van der Waals surface area contributed by atoms with E-state index in [0.717, 1.165) is 22.6 Å². The molecule has 0 bridgehead atoms. The van der Waals surface area contributed by atoms with Gasteiger partial charge in [-0.2, -0.15) is 0 Å². The molecule has 0 aromatic heterocycles. The first kappa shape index (κ1) is 12.5. The second-order valence-electron chi connectivity index (χ2n) is 4.47. The van der Waals surface area contributed by atoms with Crippen LogP contribution in [-0.4, -0.2) is 6.10 Å². The van der Waals surface area contributed by atoms with Crippen LogP contribution in [0.15, 0.2) is 18.2 Å². The third-order valence-corrected chi connectivity index (χ3v) is 3.39. The van der Waals surface area contributed by atoms with E-state index >= 15 is 0 Å². The highest BCUT2D eigenvalue weighted by atomic mass is 35.5. The molecule has 90 valence electrons. The summed E-state index contributed by atoms with van der Waals surface area (Å²) in [6.07, 6.45) is 10.8. The minimum atomic E-state index is 0.164. The van der Waals surface area contributed by atoms with E-state index in [1.165, 1.54) is 19.3 Å². The van der Waals surface area contributed by atoms with Crippen molar-refractivity contribution < 1.29 is 4.74 Å². The van der Waals surface area contributed by atoms with E-state index in [1.54, 1.807) is 0 Å². The number of hydrogen-bond acceptors (Lipinski definition) is 1. The molecule has 0 radical (unpaired) electrons. The van der Waals surface area contributed by atoms with Crippen LogP contribution in [-0.2, 0) is 4.74 Å². The lowest BCUT2D eigenvalue weighted by Crippen LogP contribution is -1.93. The summed E-state index contributed by atoms with van der Waals surface area (Å²) in [5, 5.41) is 0.724. The van der Waals surface area contributed by atoms with E-state index in [1.807, 2.05) is 18.2 Å². The van der Waals surface area contributed by atoms with Crippen molar-refractivity contribution in [3.63, 3.8) is 0 Å². The second-order valence-corrected chi connectivity index (χ2v) is 4.90. The van der Waals surface area contributed by atoms with Crippen LogP contribution in [0.1, 0.15) is 49.8 Å². The van der Waals surface area contributed by atoms with Crippen LogP contribution in [0.4, 0.5) is 0 Å². The predicted octanol–water partition coefficient (Wildman–Crippen LogP) is 4.34. The largest absolute Gasteiger partial charge is 0.364 e. The van der Waals surface area contributed by atoms with Gasteiger partial charge in [-0.3, -0.25) is 0 Å². The Hall–Kier alpha value is -0.970. The second kappa shape index (κ2) is 5.58. The first-order valence-corrected chi connectivity index (χ1v) is 6.55. The van der Waals surface area contributed by atoms with E-state index in [2.05, 4.69) is 12.8 Å². The van der Waals surface area contributed by atoms with Crippen molar-refractivity contribution in [2.45, 2.75) is 44.8 Å². The lowest BCUT2D eigenvalue weighted by Gasteiger charge is -2.02. The zero-order valence-corrected chi connectivity index (χ0v) is 10.8. The van der Waals surface area contributed by atoms with Gasteiger partial charge in [-0.25, -0.2) is 0 Å². The number of halogens is 1. The fourth-order valence-corrected chi connectivity index (χ4v) is 2.31. The molecule has 2 rings (SSSR count). The summed E-state index contributed by atoms with van der Waals surface area (Å²) in [5.74, 6) is 2.69. The van der Waals surface area contributed by atoms with Gasteiger partial charge in [0.1, 0.15) is 6.10 Å². The molecule has 1 aliphatic heterocycles. The SMILES string of the molecule is C#Cc1ccc(Cl)cc1C1OC1CCCCC. The highest BCUT2D eigenvalue weighted by molar-refractivity contribution is 6.30. The van der Waals surface area contributed by atoms with Gasteiger partial charge in [0.25, 0.3) is 0 Å². The van der Waals surface area contributed by atoms with E-state index in [9.17, 15) is 0 Å². The maximum atomic E-state index is 6.00. The third-order valence-electron chi connectivity index (χ3n) is 3.15. The predicted molar refractivity (Wildman–Crippen MR) is 71.1 cm³/mol. The number of rotatable bonds is 5. The summed E-state index contributed by atoms with van der Waals surface area (Å²) in [5.41, 5.74) is 1.97. The summed E-state index contributed by atoms with van der Waals surface area (Å²) in [7, 11) is 0. The zero-order chi connectivity index (χ0) is 12.3. The minimum absolute atomic E-state index is 0.164. The molecule has 1 heterocycles. The molecule has 2 heteroatoms. The molecule has 0 aliphatic carbocycles. The van der Waals surface area contributed by atoms with Gasteiger partial charge in [-0.05, 0) is 24.6 Å². The number of hydrogen-bond donors (Lipinski definition) is 0. The normalized spacial score (nSPS) is 22.2. The van der Waals surface area contributed by atoms with E-state index < -0.39 is 0 Å². The number of benzene rings is 1. The van der Waals surface area contributed by atoms with Crippen LogP contribution >= 0.6 is 11.6 Å². The molecule has 0 saturated carbocycles. The first-order valence-electron chi connectivity index (χ1n) is 6.17. The van der Waals surface area contributed by atoms with Gasteiger partial charge < -0.3 is 4.74 Å². The maximum absolute atomic E-state index is 6.00. The quantitative estimate of drug-likeness (QED) is 0.429. The average Bonchev–Trinajstić information content (AvgIpc) is 3.09. The molecular weight excluding hydrogens is 232 g/mol. The molecular formula is C15H17ClO. The Bertz CT molecular complexity index is 433. The van der Waals surface area contributed by atoms with Gasteiger partial charge in [0.2, 0.25) is 0 Å². The number of terminal acetylenes is 1. The van der Waals surface area contributed by atoms with Gasteiger partial charge in [-0.15, -0.1) is 6.42 Å². The van der Waals surface area contributed by atoms with Crippen molar-refractivity contribution in [1.29, 1.82) is 0 Å². The standard InChI is InChI=1S/C15H17ClO/c1-3-5-6-7-14-15(17-14)13-10-12(16)9-8-11(13)4-2/h2,8-10,14-15H,3,5-7H2,1H3. The fourth-order valence-electron chi connectivity index (χ4n) is 2.13. The number of epoxide rings is 1. The molecule has 17 heavy (non-hydrogen) atoms. The maximum Gasteiger partial charge on any atom is 0.110 e. The molecule has 1 aliphatic rings. The summed E-state index contributed by atoms with van der Waals surface area (Å²) in [4.78, 5) is 0. The lowest BCUT2D eigenvalue weighted by molar-refractivity contribution is 0.361. The van der Waals surface area contributed by atoms with E-state index in [-0.39, 0.29) is 6.10 Å². The summed E-state index contributed by atoms with van der Waals surface area (Å²) in [6.45, 7) is 2.21. The minimum Gasteiger partial charge on any atom is -0.364 e. The summed E-state index contributed by atoms with van der Waals surface area (Å²) in [6, 6.07) is 5.65. The Kier molecular flexibility index (Phi) is 4.10. The van der Waals surface area contributed by atoms with Crippen LogP contribution in [0.5, 0.6) is 0 Å². The van der Waals surface area contributed by atoms with Gasteiger partial charge in [0, 0.05) is 16.1 Å². The number of ether oxygens (including phenoxy) is 1. The van der Waals surface area contributed by atoms with Crippen molar-refractivity contribution in [3.8, 4) is 12.3 Å². The zero-order valence-electron chi connectivity index (χ0n) is 10.1. The Morgan fingerprint density at radius 3 is 2.94 bits per heavy atom. The molecule has 0 spiro atoms. The number of unbranched alkanes of at least 4 members (excludes halogenated alkanes) is 2. The smallest absolute Gasteiger partial charge is 0.110 e. The Balaban J connectivity index is 2.00. The highest BCUT2D eigenvalue weighted by Crippen LogP contribution is 2.43. The lowest BCUT2D eigenvalue weighted by atomic mass is 10.0. The Morgan fingerprint density at radius 2 is 2.24 bits per heavy atom. The third kappa shape index (κ3) is 3.03. The summed E-state index contributed by atoms with van der Waals surface area (Å²) < 4.78 is 5.69. The van der Waals surface area contributed by atoms with Crippen molar-refractivity contribution in [2.75, 3.05) is 0 Å². The van der Waals surface area contributed by atoms with Crippen molar-refractivity contribution in [2.24, 2.45) is 0 Å². The van der Waals surface area contributed by atoms with Gasteiger partial charge >= 0.3 is 0 Å².